The van der Waals surface area contributed by atoms with Gasteiger partial charge in [-0.25, -0.2) is 13.4 Å². The number of aromatic nitrogens is 1. The smallest absolute Gasteiger partial charge is 0.263 e. The molecule has 7 heteroatoms. The maximum Gasteiger partial charge on any atom is 0.263 e. The number of pyridine rings is 1. The minimum Gasteiger partial charge on any atom is -0.495 e. The van der Waals surface area contributed by atoms with E-state index in [2.05, 4.69) is 9.71 Å². The van der Waals surface area contributed by atoms with E-state index in [4.69, 9.17) is 10.5 Å². The van der Waals surface area contributed by atoms with Crippen LogP contribution in [0.1, 0.15) is 0 Å². The van der Waals surface area contributed by atoms with Gasteiger partial charge in [0.05, 0.1) is 17.7 Å². The van der Waals surface area contributed by atoms with Gasteiger partial charge in [0.15, 0.2) is 0 Å². The van der Waals surface area contributed by atoms with Crippen molar-refractivity contribution in [2.24, 2.45) is 0 Å². The lowest BCUT2D eigenvalue weighted by Gasteiger charge is -2.09. The number of sulfonamides is 1. The van der Waals surface area contributed by atoms with E-state index in [1.165, 1.54) is 31.5 Å². The maximum absolute atomic E-state index is 12.1. The minimum absolute atomic E-state index is 0.0594. The zero-order valence-corrected chi connectivity index (χ0v) is 11.0. The van der Waals surface area contributed by atoms with Crippen molar-refractivity contribution in [2.75, 3.05) is 17.6 Å². The fourth-order valence-corrected chi connectivity index (χ4v) is 2.50. The molecule has 0 spiro atoms. The summed E-state index contributed by atoms with van der Waals surface area (Å²) in [5.41, 5.74) is 6.02. The third-order valence-electron chi connectivity index (χ3n) is 2.42. The molecular weight excluding hydrogens is 266 g/mol. The van der Waals surface area contributed by atoms with Gasteiger partial charge >= 0.3 is 0 Å². The molecule has 0 atom stereocenters. The number of nitrogens with one attached hydrogen (secondary N) is 1. The highest BCUT2D eigenvalue weighted by atomic mass is 32.2. The Morgan fingerprint density at radius 3 is 2.68 bits per heavy atom. The standard InChI is InChI=1S/C12H13N3O3S/c1-18-11-8-9(5-6-10(11)13)19(16,17)15-12-4-2-3-7-14-12/h2-8H,13H2,1H3,(H,14,15). The number of nitrogens with two attached hydrogens (primary N) is 1. The van der Waals surface area contributed by atoms with Crippen molar-refractivity contribution in [1.29, 1.82) is 0 Å². The second-order valence-corrected chi connectivity index (χ2v) is 5.41. The van der Waals surface area contributed by atoms with Crippen LogP contribution in [-0.2, 0) is 10.0 Å². The maximum atomic E-state index is 12.1. The molecule has 2 rings (SSSR count). The molecule has 0 saturated carbocycles. The van der Waals surface area contributed by atoms with Crippen LogP contribution in [0, 0.1) is 0 Å². The average Bonchev–Trinajstić information content (AvgIpc) is 2.39. The Kier molecular flexibility index (Phi) is 3.57. The summed E-state index contributed by atoms with van der Waals surface area (Å²) in [5.74, 6) is 0.558. The Balaban J connectivity index is 2.35. The Morgan fingerprint density at radius 1 is 1.26 bits per heavy atom. The van der Waals surface area contributed by atoms with Crippen LogP contribution < -0.4 is 15.2 Å². The molecule has 0 bridgehead atoms. The highest BCUT2D eigenvalue weighted by Gasteiger charge is 2.16. The van der Waals surface area contributed by atoms with Crippen molar-refractivity contribution in [2.45, 2.75) is 4.90 Å². The molecule has 0 aliphatic heterocycles. The third kappa shape index (κ3) is 2.94. The first kappa shape index (κ1) is 13.2. The van der Waals surface area contributed by atoms with Crippen molar-refractivity contribution in [3.8, 4) is 5.75 Å². The summed E-state index contributed by atoms with van der Waals surface area (Å²) < 4.78 is 31.6. The number of ether oxygens (including phenoxy) is 1. The Bertz CT molecular complexity index is 672. The Hall–Kier alpha value is -2.28. The second-order valence-electron chi connectivity index (χ2n) is 3.72. The Morgan fingerprint density at radius 2 is 2.05 bits per heavy atom. The Labute approximate surface area is 111 Å². The van der Waals surface area contributed by atoms with E-state index in [1.54, 1.807) is 18.2 Å². The van der Waals surface area contributed by atoms with Gasteiger partial charge in [0.25, 0.3) is 10.0 Å². The third-order valence-corrected chi connectivity index (χ3v) is 3.77. The van der Waals surface area contributed by atoms with E-state index in [0.29, 0.717) is 11.4 Å². The van der Waals surface area contributed by atoms with Crippen LogP contribution in [0.25, 0.3) is 0 Å². The molecule has 3 N–H and O–H groups in total. The van der Waals surface area contributed by atoms with Crippen molar-refractivity contribution >= 4 is 21.5 Å². The predicted octanol–water partition coefficient (Wildman–Crippen LogP) is 1.47. The van der Waals surface area contributed by atoms with Gasteiger partial charge in [-0.3, -0.25) is 4.72 Å². The molecule has 1 aromatic carbocycles. The molecule has 0 radical (unpaired) electrons. The summed E-state index contributed by atoms with van der Waals surface area (Å²) in [5, 5.41) is 0. The lowest BCUT2D eigenvalue weighted by atomic mass is 10.3. The van der Waals surface area contributed by atoms with Gasteiger partial charge in [-0.15, -0.1) is 0 Å². The van der Waals surface area contributed by atoms with Gasteiger partial charge in [-0.2, -0.15) is 0 Å². The van der Waals surface area contributed by atoms with Crippen LogP contribution in [0.4, 0.5) is 11.5 Å². The highest BCUT2D eigenvalue weighted by Crippen LogP contribution is 2.25. The number of hydrogen-bond donors (Lipinski definition) is 2. The zero-order chi connectivity index (χ0) is 13.9. The molecule has 2 aromatic rings. The minimum atomic E-state index is -3.71. The first-order chi connectivity index (χ1) is 9.03. The molecule has 0 aliphatic carbocycles. The number of anilines is 2. The molecule has 1 heterocycles. The van der Waals surface area contributed by atoms with Crippen LogP contribution in [0.3, 0.4) is 0 Å². The molecule has 0 saturated heterocycles. The van der Waals surface area contributed by atoms with E-state index >= 15 is 0 Å². The lowest BCUT2D eigenvalue weighted by molar-refractivity contribution is 0.415. The number of methoxy groups -OCH3 is 1. The van der Waals surface area contributed by atoms with E-state index in [1.807, 2.05) is 0 Å². The molecule has 6 nitrogen and oxygen atoms in total. The molecule has 0 unspecified atom stereocenters. The van der Waals surface area contributed by atoms with Gasteiger partial charge in [0.1, 0.15) is 11.6 Å². The second kappa shape index (κ2) is 5.15. The van der Waals surface area contributed by atoms with Gasteiger partial charge in [0, 0.05) is 12.3 Å². The van der Waals surface area contributed by atoms with Crippen molar-refractivity contribution < 1.29 is 13.2 Å². The van der Waals surface area contributed by atoms with E-state index in [-0.39, 0.29) is 10.7 Å². The molecule has 100 valence electrons. The van der Waals surface area contributed by atoms with Gasteiger partial charge < -0.3 is 10.5 Å². The quantitative estimate of drug-likeness (QED) is 0.826. The number of rotatable bonds is 4. The largest absolute Gasteiger partial charge is 0.495 e. The van der Waals surface area contributed by atoms with Crippen LogP contribution >= 0.6 is 0 Å². The first-order valence-electron chi connectivity index (χ1n) is 5.40. The fourth-order valence-electron chi connectivity index (χ4n) is 1.48. The number of nitrogens with zero attached hydrogens (tertiary/aromatic N) is 1. The first-order valence-corrected chi connectivity index (χ1v) is 6.88. The number of benzene rings is 1. The summed E-state index contributed by atoms with van der Waals surface area (Å²) in [7, 11) is -2.29. The van der Waals surface area contributed by atoms with Crippen LogP contribution in [-0.4, -0.2) is 20.5 Å². The average molecular weight is 279 g/mol. The summed E-state index contributed by atoms with van der Waals surface area (Å²) in [6.07, 6.45) is 1.50. The van der Waals surface area contributed by atoms with Crippen molar-refractivity contribution in [1.82, 2.24) is 4.98 Å². The molecular formula is C12H13N3O3S. The predicted molar refractivity (Wildman–Crippen MR) is 72.5 cm³/mol. The van der Waals surface area contributed by atoms with Crippen LogP contribution in [0.5, 0.6) is 5.75 Å². The van der Waals surface area contributed by atoms with Gasteiger partial charge in [0.2, 0.25) is 0 Å². The fraction of sp³-hybridized carbons (Fsp3) is 0.0833. The monoisotopic (exact) mass is 279 g/mol. The van der Waals surface area contributed by atoms with E-state index in [0.717, 1.165) is 0 Å². The summed E-state index contributed by atoms with van der Waals surface area (Å²) in [4.78, 5) is 3.96. The number of hydrogen-bond acceptors (Lipinski definition) is 5. The van der Waals surface area contributed by atoms with Crippen molar-refractivity contribution in [3.05, 3.63) is 42.6 Å². The normalized spacial score (nSPS) is 11.0. The molecule has 19 heavy (non-hydrogen) atoms. The van der Waals surface area contributed by atoms with Gasteiger partial charge in [-0.1, -0.05) is 6.07 Å². The summed E-state index contributed by atoms with van der Waals surface area (Å²) in [6, 6.07) is 9.19. The molecule has 1 aromatic heterocycles. The number of nitrogen functional groups attached to an aromatic ring is 1. The van der Waals surface area contributed by atoms with Crippen molar-refractivity contribution in [3.63, 3.8) is 0 Å². The summed E-state index contributed by atoms with van der Waals surface area (Å²) >= 11 is 0. The molecule has 0 fully saturated rings. The van der Waals surface area contributed by atoms with Gasteiger partial charge in [-0.05, 0) is 24.3 Å². The van der Waals surface area contributed by atoms with E-state index in [9.17, 15) is 8.42 Å². The van der Waals surface area contributed by atoms with Crippen LogP contribution in [0.15, 0.2) is 47.5 Å². The lowest BCUT2D eigenvalue weighted by Crippen LogP contribution is -2.14. The molecule has 0 aliphatic rings. The highest BCUT2D eigenvalue weighted by molar-refractivity contribution is 7.92. The van der Waals surface area contributed by atoms with Crippen LogP contribution in [0.2, 0.25) is 0 Å². The molecule has 0 amide bonds. The SMILES string of the molecule is COc1cc(S(=O)(=O)Nc2ccccn2)ccc1N. The zero-order valence-electron chi connectivity index (χ0n) is 10.2. The summed E-state index contributed by atoms with van der Waals surface area (Å²) in [6.45, 7) is 0. The van der Waals surface area contributed by atoms with E-state index < -0.39 is 10.0 Å². The topological polar surface area (TPSA) is 94.3 Å².